The zero-order chi connectivity index (χ0) is 21.9. The van der Waals surface area contributed by atoms with E-state index >= 15 is 0 Å². The first kappa shape index (κ1) is 22.0. The van der Waals surface area contributed by atoms with Gasteiger partial charge >= 0.3 is 0 Å². The molecule has 1 N–H and O–H groups in total. The molecule has 0 spiro atoms. The minimum atomic E-state index is -4.65. The van der Waals surface area contributed by atoms with Crippen LogP contribution in [0, 0.1) is 28.9 Å². The van der Waals surface area contributed by atoms with Crippen molar-refractivity contribution in [2.24, 2.45) is 5.92 Å². The number of hydrogen-bond donors (Lipinski definition) is 1. The number of nitriles is 1. The molecule has 2 aromatic rings. The predicted octanol–water partition coefficient (Wildman–Crippen LogP) is 4.18. The first-order chi connectivity index (χ1) is 14.2. The third-order valence-electron chi connectivity index (χ3n) is 4.79. The van der Waals surface area contributed by atoms with Crippen LogP contribution < -0.4 is 9.46 Å². The number of nitrogens with one attached hydrogen (secondary N) is 1. The van der Waals surface area contributed by atoms with Gasteiger partial charge in [-0.2, -0.15) is 5.26 Å². The van der Waals surface area contributed by atoms with Crippen molar-refractivity contribution in [2.45, 2.75) is 30.6 Å². The third kappa shape index (κ3) is 4.89. The van der Waals surface area contributed by atoms with Crippen LogP contribution in [0.4, 0.5) is 8.78 Å². The molecule has 0 radical (unpaired) electrons. The number of carbonyl (C=O) groups is 1. The maximum atomic E-state index is 14.4. The summed E-state index contributed by atoms with van der Waals surface area (Å²) in [5, 5.41) is 8.67. The molecule has 1 amide bonds. The molecule has 1 fully saturated rings. The first-order valence-corrected chi connectivity index (χ1v) is 11.0. The molecule has 10 heteroatoms. The van der Waals surface area contributed by atoms with Gasteiger partial charge in [0.05, 0.1) is 28.8 Å². The highest BCUT2D eigenvalue weighted by atomic mass is 35.5. The zero-order valence-corrected chi connectivity index (χ0v) is 17.2. The van der Waals surface area contributed by atoms with Gasteiger partial charge in [0.2, 0.25) is 0 Å². The Hall–Kier alpha value is -2.70. The standard InChI is InChI=1S/C20H17ClF2N2O4S/c21-15-8-14(16(22)9-18(15)29-11-12-3-1-2-4-12)20(26)25-30(27,28)19-6-5-13(10-24)7-17(19)23/h5-9,12H,1-4,11H2,(H,25,26). The quantitative estimate of drug-likeness (QED) is 0.706. The normalized spacial score (nSPS) is 14.3. The smallest absolute Gasteiger partial charge is 0.268 e. The van der Waals surface area contributed by atoms with Gasteiger partial charge in [-0.25, -0.2) is 21.9 Å². The van der Waals surface area contributed by atoms with Gasteiger partial charge in [-0.3, -0.25) is 4.79 Å². The van der Waals surface area contributed by atoms with Crippen LogP contribution in [-0.4, -0.2) is 20.9 Å². The van der Waals surface area contributed by atoms with Crippen LogP contribution in [0.2, 0.25) is 5.02 Å². The van der Waals surface area contributed by atoms with E-state index in [9.17, 15) is 22.0 Å². The van der Waals surface area contributed by atoms with E-state index in [0.717, 1.165) is 49.9 Å². The zero-order valence-electron chi connectivity index (χ0n) is 15.6. The highest BCUT2D eigenvalue weighted by Crippen LogP contribution is 2.31. The van der Waals surface area contributed by atoms with Crippen LogP contribution in [0.25, 0.3) is 0 Å². The largest absolute Gasteiger partial charge is 0.492 e. The van der Waals surface area contributed by atoms with Crippen molar-refractivity contribution in [3.63, 3.8) is 0 Å². The summed E-state index contributed by atoms with van der Waals surface area (Å²) in [6.45, 7) is 0.372. The topological polar surface area (TPSA) is 96.3 Å². The fourth-order valence-corrected chi connectivity index (χ4v) is 4.46. The molecule has 1 aliphatic carbocycles. The molecule has 0 saturated heterocycles. The molecule has 1 aliphatic rings. The second-order valence-electron chi connectivity index (χ2n) is 6.92. The van der Waals surface area contributed by atoms with E-state index < -0.39 is 38.0 Å². The van der Waals surface area contributed by atoms with Gasteiger partial charge in [0.15, 0.2) is 0 Å². The van der Waals surface area contributed by atoms with Gasteiger partial charge in [0.25, 0.3) is 15.9 Å². The lowest BCUT2D eigenvalue weighted by atomic mass is 10.1. The Bertz CT molecular complexity index is 1130. The molecule has 0 atom stereocenters. The van der Waals surface area contributed by atoms with E-state index in [4.69, 9.17) is 21.6 Å². The maximum Gasteiger partial charge on any atom is 0.268 e. The summed E-state index contributed by atoms with van der Waals surface area (Å²) in [5.41, 5.74) is -0.727. The predicted molar refractivity (Wildman–Crippen MR) is 105 cm³/mol. The van der Waals surface area contributed by atoms with Gasteiger partial charge in [0, 0.05) is 6.07 Å². The molecular weight excluding hydrogens is 438 g/mol. The number of halogens is 3. The van der Waals surface area contributed by atoms with Crippen molar-refractivity contribution in [3.05, 3.63) is 58.1 Å². The molecule has 3 rings (SSSR count). The van der Waals surface area contributed by atoms with Crippen LogP contribution in [0.15, 0.2) is 35.2 Å². The number of hydrogen-bond acceptors (Lipinski definition) is 5. The lowest BCUT2D eigenvalue weighted by Crippen LogP contribution is -2.31. The highest BCUT2D eigenvalue weighted by molar-refractivity contribution is 7.90. The number of amides is 1. The number of nitrogens with zero attached hydrogens (tertiary/aromatic N) is 1. The lowest BCUT2D eigenvalue weighted by molar-refractivity contribution is 0.0977. The molecule has 6 nitrogen and oxygen atoms in total. The van der Waals surface area contributed by atoms with Crippen LogP contribution in [0.1, 0.15) is 41.6 Å². The van der Waals surface area contributed by atoms with E-state index in [-0.39, 0.29) is 16.3 Å². The van der Waals surface area contributed by atoms with E-state index in [0.29, 0.717) is 18.6 Å². The molecular formula is C20H17ClF2N2O4S. The second kappa shape index (κ2) is 8.98. The first-order valence-electron chi connectivity index (χ1n) is 9.10. The monoisotopic (exact) mass is 454 g/mol. The van der Waals surface area contributed by atoms with Crippen molar-refractivity contribution in [3.8, 4) is 11.8 Å². The summed E-state index contributed by atoms with van der Waals surface area (Å²) in [5.74, 6) is -3.16. The molecule has 0 aliphatic heterocycles. The van der Waals surface area contributed by atoms with E-state index in [1.807, 2.05) is 0 Å². The minimum absolute atomic E-state index is 0.0542. The molecule has 30 heavy (non-hydrogen) atoms. The molecule has 0 aromatic heterocycles. The average Bonchev–Trinajstić information content (AvgIpc) is 3.21. The van der Waals surface area contributed by atoms with Gasteiger partial charge in [-0.05, 0) is 43.0 Å². The van der Waals surface area contributed by atoms with Crippen molar-refractivity contribution < 1.29 is 26.7 Å². The van der Waals surface area contributed by atoms with E-state index in [2.05, 4.69) is 0 Å². The SMILES string of the molecule is N#Cc1ccc(S(=O)(=O)NC(=O)c2cc(Cl)c(OCC3CCCC3)cc2F)c(F)c1. The van der Waals surface area contributed by atoms with Crippen LogP contribution in [0.5, 0.6) is 5.75 Å². The van der Waals surface area contributed by atoms with E-state index in [1.165, 1.54) is 0 Å². The molecule has 0 heterocycles. The number of sulfonamides is 1. The number of carbonyl (C=O) groups excluding carboxylic acids is 1. The lowest BCUT2D eigenvalue weighted by Gasteiger charge is -2.14. The summed E-state index contributed by atoms with van der Waals surface area (Å²) in [7, 11) is -4.65. The summed E-state index contributed by atoms with van der Waals surface area (Å²) < 4.78 is 60.2. The molecule has 158 valence electrons. The van der Waals surface area contributed by atoms with Crippen molar-refractivity contribution in [1.29, 1.82) is 5.26 Å². The summed E-state index contributed by atoms with van der Waals surface area (Å²) in [6.07, 6.45) is 4.27. The van der Waals surface area contributed by atoms with Gasteiger partial charge in [-0.1, -0.05) is 24.4 Å². The Labute approximate surface area is 177 Å². The van der Waals surface area contributed by atoms with Gasteiger partial charge in [0.1, 0.15) is 22.3 Å². The second-order valence-corrected chi connectivity index (χ2v) is 8.97. The molecule has 2 aromatic carbocycles. The summed E-state index contributed by atoms with van der Waals surface area (Å²) in [6, 6.07) is 6.17. The molecule has 0 bridgehead atoms. The van der Waals surface area contributed by atoms with Crippen LogP contribution in [-0.2, 0) is 10.0 Å². The maximum absolute atomic E-state index is 14.4. The summed E-state index contributed by atoms with van der Waals surface area (Å²) in [4.78, 5) is 11.5. The van der Waals surface area contributed by atoms with Crippen molar-refractivity contribution >= 4 is 27.5 Å². The summed E-state index contributed by atoms with van der Waals surface area (Å²) >= 11 is 6.07. The Morgan fingerprint density at radius 1 is 1.20 bits per heavy atom. The third-order valence-corrected chi connectivity index (χ3v) is 6.45. The van der Waals surface area contributed by atoms with Crippen LogP contribution in [0.3, 0.4) is 0 Å². The Balaban J connectivity index is 1.77. The van der Waals surface area contributed by atoms with E-state index in [1.54, 1.807) is 10.8 Å². The number of ether oxygens (including phenoxy) is 1. The Morgan fingerprint density at radius 3 is 2.53 bits per heavy atom. The van der Waals surface area contributed by atoms with Crippen LogP contribution >= 0.6 is 11.6 Å². The molecule has 1 saturated carbocycles. The number of benzene rings is 2. The van der Waals surface area contributed by atoms with Crippen molar-refractivity contribution in [1.82, 2.24) is 4.72 Å². The van der Waals surface area contributed by atoms with Crippen molar-refractivity contribution in [2.75, 3.05) is 6.61 Å². The van der Waals surface area contributed by atoms with Gasteiger partial charge in [-0.15, -0.1) is 0 Å². The van der Waals surface area contributed by atoms with Gasteiger partial charge < -0.3 is 4.74 Å². The Morgan fingerprint density at radius 2 is 1.90 bits per heavy atom. The molecule has 0 unspecified atom stereocenters. The minimum Gasteiger partial charge on any atom is -0.492 e. The number of rotatable bonds is 6. The fourth-order valence-electron chi connectivity index (χ4n) is 3.22. The highest BCUT2D eigenvalue weighted by Gasteiger charge is 2.25. The Kier molecular flexibility index (Phi) is 6.58. The average molecular weight is 455 g/mol. The fraction of sp³-hybridized carbons (Fsp3) is 0.300.